The summed E-state index contributed by atoms with van der Waals surface area (Å²) < 4.78 is 2.82. The predicted molar refractivity (Wildman–Crippen MR) is 121 cm³/mol. The summed E-state index contributed by atoms with van der Waals surface area (Å²) in [5, 5.41) is 5.49. The lowest BCUT2D eigenvalue weighted by molar-refractivity contribution is 0.0788. The number of fused-ring (bicyclic) bond motifs is 1. The fourth-order valence-corrected chi connectivity index (χ4v) is 5.19. The number of pyridine rings is 2. The van der Waals surface area contributed by atoms with Gasteiger partial charge in [-0.2, -0.15) is 9.78 Å². The Morgan fingerprint density at radius 1 is 1.30 bits per heavy atom. The molecule has 0 saturated heterocycles. The van der Waals surface area contributed by atoms with Gasteiger partial charge in [-0.05, 0) is 66.0 Å². The molecule has 1 aliphatic carbocycles. The lowest BCUT2D eigenvalue weighted by Crippen LogP contribution is -2.26. The Hall–Kier alpha value is -2.58. The van der Waals surface area contributed by atoms with Crippen LogP contribution in [0.25, 0.3) is 16.9 Å². The average molecular weight is 482 g/mol. The minimum atomic E-state index is -0.0162. The maximum Gasteiger partial charge on any atom is 0.254 e. The second-order valence-corrected chi connectivity index (χ2v) is 10.2. The van der Waals surface area contributed by atoms with Gasteiger partial charge in [-0.3, -0.25) is 4.79 Å². The van der Waals surface area contributed by atoms with Gasteiger partial charge in [-0.1, -0.05) is 6.07 Å². The van der Waals surface area contributed by atoms with Crippen LogP contribution in [0.2, 0.25) is 0 Å². The van der Waals surface area contributed by atoms with Crippen molar-refractivity contribution in [3.63, 3.8) is 0 Å². The van der Waals surface area contributed by atoms with Crippen LogP contribution in [-0.4, -0.2) is 37.6 Å². The summed E-state index contributed by atoms with van der Waals surface area (Å²) in [5.41, 5.74) is 3.11. The zero-order valence-corrected chi connectivity index (χ0v) is 19.1. The number of nitrogens with zero attached hydrogens (tertiary/aromatic N) is 5. The third kappa shape index (κ3) is 3.54. The fraction of sp³-hybridized carbons (Fsp3) is 0.273. The number of carbonyl (C=O) groups excluding carboxylic acids is 1. The molecule has 4 aromatic heterocycles. The molecule has 0 bridgehead atoms. The number of amides is 1. The molecule has 0 radical (unpaired) electrons. The molecule has 0 aromatic carbocycles. The molecule has 152 valence electrons. The Morgan fingerprint density at radius 3 is 2.80 bits per heavy atom. The van der Waals surface area contributed by atoms with E-state index in [0.29, 0.717) is 29.5 Å². The van der Waals surface area contributed by atoms with Crippen LogP contribution >= 0.6 is 27.3 Å². The van der Waals surface area contributed by atoms with Gasteiger partial charge in [0, 0.05) is 29.7 Å². The van der Waals surface area contributed by atoms with Crippen molar-refractivity contribution >= 4 is 44.2 Å². The summed E-state index contributed by atoms with van der Waals surface area (Å²) in [6.07, 6.45) is 3.96. The number of aryl methyl sites for hydroxylation is 1. The van der Waals surface area contributed by atoms with Gasteiger partial charge in [0.1, 0.15) is 0 Å². The van der Waals surface area contributed by atoms with Crippen molar-refractivity contribution < 1.29 is 4.79 Å². The van der Waals surface area contributed by atoms with E-state index in [0.717, 1.165) is 38.3 Å². The Morgan fingerprint density at radius 2 is 2.13 bits per heavy atom. The first-order chi connectivity index (χ1) is 14.5. The van der Waals surface area contributed by atoms with Gasteiger partial charge in [-0.25, -0.2) is 9.97 Å². The van der Waals surface area contributed by atoms with E-state index in [9.17, 15) is 4.79 Å². The van der Waals surface area contributed by atoms with Crippen LogP contribution in [0, 0.1) is 6.92 Å². The molecule has 0 atom stereocenters. The Labute approximate surface area is 186 Å². The zero-order valence-electron chi connectivity index (χ0n) is 16.7. The molecular formula is C22H20BrN5OS. The normalized spacial score (nSPS) is 13.7. The quantitative estimate of drug-likeness (QED) is 0.397. The molecule has 0 spiro atoms. The molecule has 0 unspecified atom stereocenters. The summed E-state index contributed by atoms with van der Waals surface area (Å²) in [5.74, 6) is 1.11. The minimum absolute atomic E-state index is 0.0162. The molecule has 5 rings (SSSR count). The first-order valence-electron chi connectivity index (χ1n) is 9.82. The maximum atomic E-state index is 13.5. The highest BCUT2D eigenvalue weighted by atomic mass is 79.9. The van der Waals surface area contributed by atoms with E-state index in [1.807, 2.05) is 50.4 Å². The van der Waals surface area contributed by atoms with Gasteiger partial charge in [0.25, 0.3) is 5.91 Å². The summed E-state index contributed by atoms with van der Waals surface area (Å²) in [6, 6.07) is 11.7. The number of rotatable bonds is 5. The van der Waals surface area contributed by atoms with Crippen LogP contribution in [0.1, 0.15) is 45.4 Å². The highest BCUT2D eigenvalue weighted by molar-refractivity contribution is 9.11. The summed E-state index contributed by atoms with van der Waals surface area (Å²) in [7, 11) is 1.84. The van der Waals surface area contributed by atoms with E-state index < -0.39 is 0 Å². The Kier molecular flexibility index (Phi) is 4.91. The van der Waals surface area contributed by atoms with Crippen molar-refractivity contribution in [2.75, 3.05) is 7.05 Å². The largest absolute Gasteiger partial charge is 0.337 e. The van der Waals surface area contributed by atoms with Gasteiger partial charge < -0.3 is 4.90 Å². The summed E-state index contributed by atoms with van der Waals surface area (Å²) in [6.45, 7) is 2.48. The molecular weight excluding hydrogens is 462 g/mol. The van der Waals surface area contributed by atoms with Gasteiger partial charge in [0.2, 0.25) is 0 Å². The number of carbonyl (C=O) groups is 1. The number of thiophene rings is 1. The third-order valence-electron chi connectivity index (χ3n) is 5.29. The predicted octanol–water partition coefficient (Wildman–Crippen LogP) is 5.10. The molecule has 4 heterocycles. The molecule has 0 aliphatic heterocycles. The van der Waals surface area contributed by atoms with Crippen molar-refractivity contribution in [2.24, 2.45) is 0 Å². The minimum Gasteiger partial charge on any atom is -0.337 e. The van der Waals surface area contributed by atoms with E-state index in [2.05, 4.69) is 26.0 Å². The summed E-state index contributed by atoms with van der Waals surface area (Å²) >= 11 is 5.13. The molecule has 1 amide bonds. The lowest BCUT2D eigenvalue weighted by atomic mass is 10.1. The van der Waals surface area contributed by atoms with Crippen molar-refractivity contribution in [3.05, 3.63) is 68.2 Å². The van der Waals surface area contributed by atoms with E-state index in [4.69, 9.17) is 4.98 Å². The van der Waals surface area contributed by atoms with Crippen LogP contribution < -0.4 is 0 Å². The highest BCUT2D eigenvalue weighted by Gasteiger charge is 2.30. The monoisotopic (exact) mass is 481 g/mol. The average Bonchev–Trinajstić information content (AvgIpc) is 3.45. The van der Waals surface area contributed by atoms with Crippen molar-refractivity contribution in [2.45, 2.75) is 32.2 Å². The van der Waals surface area contributed by atoms with Crippen LogP contribution in [0.3, 0.4) is 0 Å². The zero-order chi connectivity index (χ0) is 20.8. The van der Waals surface area contributed by atoms with Gasteiger partial charge in [0.05, 0.1) is 27.0 Å². The van der Waals surface area contributed by atoms with Crippen molar-refractivity contribution in [1.82, 2.24) is 24.6 Å². The smallest absolute Gasteiger partial charge is 0.254 e. The molecule has 1 fully saturated rings. The first-order valence-corrected chi connectivity index (χ1v) is 11.4. The van der Waals surface area contributed by atoms with Gasteiger partial charge >= 0.3 is 0 Å². The lowest BCUT2D eigenvalue weighted by Gasteiger charge is -2.17. The topological polar surface area (TPSA) is 63.9 Å². The Balaban J connectivity index is 1.62. The second kappa shape index (κ2) is 7.59. The van der Waals surface area contributed by atoms with E-state index in [-0.39, 0.29) is 5.91 Å². The van der Waals surface area contributed by atoms with E-state index in [1.54, 1.807) is 27.1 Å². The molecule has 30 heavy (non-hydrogen) atoms. The van der Waals surface area contributed by atoms with Crippen LogP contribution in [-0.2, 0) is 6.54 Å². The van der Waals surface area contributed by atoms with Crippen LogP contribution in [0.15, 0.2) is 46.4 Å². The van der Waals surface area contributed by atoms with Gasteiger partial charge in [-0.15, -0.1) is 11.3 Å². The molecule has 8 heteroatoms. The van der Waals surface area contributed by atoms with Gasteiger partial charge in [0.15, 0.2) is 11.5 Å². The van der Waals surface area contributed by atoms with E-state index >= 15 is 0 Å². The van der Waals surface area contributed by atoms with Crippen molar-refractivity contribution in [3.8, 4) is 5.82 Å². The number of halogens is 1. The number of hydrogen-bond donors (Lipinski definition) is 0. The SMILES string of the molecule is Cc1nn(-c2ccccn2)c2nc(C3CC3)cc(C(=O)N(C)Cc3ccc(Br)s3)c12. The maximum absolute atomic E-state index is 13.5. The third-order valence-corrected chi connectivity index (χ3v) is 6.90. The molecule has 1 saturated carbocycles. The Bertz CT molecular complexity index is 1250. The van der Waals surface area contributed by atoms with Crippen molar-refractivity contribution in [1.29, 1.82) is 0 Å². The standard InChI is InChI=1S/C22H20BrN5OS/c1-13-20-16(22(29)27(2)12-15-8-9-18(23)30-15)11-17(14-6-7-14)25-21(20)28(26-13)19-5-3-4-10-24-19/h3-5,8-11,14H,6-7,12H2,1-2H3. The molecule has 4 aromatic rings. The summed E-state index contributed by atoms with van der Waals surface area (Å²) in [4.78, 5) is 25.7. The molecule has 0 N–H and O–H groups in total. The number of aromatic nitrogens is 4. The number of hydrogen-bond acceptors (Lipinski definition) is 5. The van der Waals surface area contributed by atoms with Crippen LogP contribution in [0.5, 0.6) is 0 Å². The van der Waals surface area contributed by atoms with E-state index in [1.165, 1.54) is 0 Å². The van der Waals surface area contributed by atoms with Crippen LogP contribution in [0.4, 0.5) is 0 Å². The highest BCUT2D eigenvalue weighted by Crippen LogP contribution is 2.41. The first kappa shape index (κ1) is 19.4. The fourth-order valence-electron chi connectivity index (χ4n) is 3.65. The second-order valence-electron chi connectivity index (χ2n) is 7.62. The molecule has 1 aliphatic rings. The molecule has 6 nitrogen and oxygen atoms in total.